The van der Waals surface area contributed by atoms with Crippen molar-refractivity contribution >= 4 is 22.8 Å². The maximum Gasteiger partial charge on any atom is 0.262 e. The average Bonchev–Trinajstić information content (AvgIpc) is 2.65. The number of para-hydroxylation sites is 1. The van der Waals surface area contributed by atoms with E-state index in [1.807, 2.05) is 44.2 Å². The molecular formula is C20H22N4O2. The summed E-state index contributed by atoms with van der Waals surface area (Å²) in [4.78, 5) is 29.1. The fourth-order valence-corrected chi connectivity index (χ4v) is 2.87. The highest BCUT2D eigenvalue weighted by molar-refractivity contribution is 5.80. The predicted octanol–water partition coefficient (Wildman–Crippen LogP) is 2.80. The van der Waals surface area contributed by atoms with Crippen LogP contribution in [0.2, 0.25) is 0 Å². The van der Waals surface area contributed by atoms with Crippen LogP contribution >= 0.6 is 0 Å². The Bertz CT molecular complexity index is 995. The van der Waals surface area contributed by atoms with E-state index in [4.69, 9.17) is 0 Å². The van der Waals surface area contributed by atoms with Crippen LogP contribution in [0.5, 0.6) is 0 Å². The Hall–Kier alpha value is -3.15. The zero-order chi connectivity index (χ0) is 18.5. The minimum absolute atomic E-state index is 0.130. The lowest BCUT2D eigenvalue weighted by molar-refractivity contribution is -0.120. The van der Waals surface area contributed by atoms with Crippen molar-refractivity contribution in [3.63, 3.8) is 0 Å². The molecule has 0 unspecified atom stereocenters. The number of aromatic nitrogens is 2. The molecule has 6 heteroatoms. The van der Waals surface area contributed by atoms with Crippen LogP contribution < -0.4 is 16.4 Å². The number of carbonyl (C=O) groups is 1. The number of nitrogens with one attached hydrogen (secondary N) is 2. The molecule has 0 fully saturated rings. The van der Waals surface area contributed by atoms with Crippen LogP contribution in [0.4, 0.5) is 5.95 Å². The summed E-state index contributed by atoms with van der Waals surface area (Å²) >= 11 is 0. The van der Waals surface area contributed by atoms with E-state index in [0.29, 0.717) is 36.2 Å². The lowest BCUT2D eigenvalue weighted by Crippen LogP contribution is -2.34. The van der Waals surface area contributed by atoms with Gasteiger partial charge in [-0.15, -0.1) is 0 Å². The third-order valence-corrected chi connectivity index (χ3v) is 4.21. The number of hydrazine groups is 1. The van der Waals surface area contributed by atoms with Gasteiger partial charge in [0.2, 0.25) is 11.9 Å². The van der Waals surface area contributed by atoms with Crippen molar-refractivity contribution < 1.29 is 4.79 Å². The van der Waals surface area contributed by atoms with E-state index < -0.39 is 0 Å². The van der Waals surface area contributed by atoms with Crippen molar-refractivity contribution in [2.45, 2.75) is 33.2 Å². The Morgan fingerprint density at radius 1 is 1.15 bits per heavy atom. The van der Waals surface area contributed by atoms with Crippen molar-refractivity contribution in [3.05, 3.63) is 70.0 Å². The molecule has 0 spiro atoms. The molecule has 0 saturated heterocycles. The summed E-state index contributed by atoms with van der Waals surface area (Å²) in [5.74, 6) is 0.177. The second-order valence-electron chi connectivity index (χ2n) is 6.16. The molecule has 2 N–H and O–H groups in total. The number of hydrogen-bond donors (Lipinski definition) is 2. The van der Waals surface area contributed by atoms with E-state index in [2.05, 4.69) is 21.9 Å². The fraction of sp³-hybridized carbons (Fsp3) is 0.250. The van der Waals surface area contributed by atoms with Crippen LogP contribution in [0.3, 0.4) is 0 Å². The van der Waals surface area contributed by atoms with E-state index >= 15 is 0 Å². The minimum atomic E-state index is -0.156. The molecule has 2 aromatic carbocycles. The van der Waals surface area contributed by atoms with Gasteiger partial charge in [0.25, 0.3) is 5.56 Å². The van der Waals surface area contributed by atoms with Crippen LogP contribution in [0.1, 0.15) is 24.5 Å². The van der Waals surface area contributed by atoms with Gasteiger partial charge in [-0.3, -0.25) is 25.0 Å². The molecule has 3 rings (SSSR count). The summed E-state index contributed by atoms with van der Waals surface area (Å²) in [7, 11) is 0. The number of aryl methyl sites for hydroxylation is 2. The lowest BCUT2D eigenvalue weighted by Gasteiger charge is -2.14. The SMILES string of the molecule is CCn1c(NNC(=O)CCc2cccc(C)c2)nc2ccccc2c1=O. The van der Waals surface area contributed by atoms with Crippen molar-refractivity contribution in [2.75, 3.05) is 5.43 Å². The van der Waals surface area contributed by atoms with Crippen LogP contribution in [-0.2, 0) is 17.8 Å². The first-order chi connectivity index (χ1) is 12.6. The zero-order valence-corrected chi connectivity index (χ0v) is 15.0. The number of anilines is 1. The monoisotopic (exact) mass is 350 g/mol. The van der Waals surface area contributed by atoms with Gasteiger partial charge < -0.3 is 0 Å². The summed E-state index contributed by atoms with van der Waals surface area (Å²) in [5.41, 5.74) is 8.20. The Kier molecular flexibility index (Phi) is 5.31. The number of nitrogens with zero attached hydrogens (tertiary/aromatic N) is 2. The smallest absolute Gasteiger partial charge is 0.262 e. The molecule has 3 aromatic rings. The van der Waals surface area contributed by atoms with Gasteiger partial charge in [0, 0.05) is 13.0 Å². The van der Waals surface area contributed by atoms with Crippen LogP contribution in [0, 0.1) is 6.92 Å². The first-order valence-corrected chi connectivity index (χ1v) is 8.68. The van der Waals surface area contributed by atoms with Crippen LogP contribution in [0.25, 0.3) is 10.9 Å². The standard InChI is InChI=1S/C20H22N4O2/c1-3-24-19(26)16-9-4-5-10-17(16)21-20(24)23-22-18(25)12-11-15-8-6-7-14(2)13-15/h4-10,13H,3,11-12H2,1-2H3,(H,21,23)(H,22,25). The van der Waals surface area contributed by atoms with Gasteiger partial charge in [-0.25, -0.2) is 4.98 Å². The Morgan fingerprint density at radius 3 is 2.73 bits per heavy atom. The molecule has 134 valence electrons. The highest BCUT2D eigenvalue weighted by atomic mass is 16.2. The van der Waals surface area contributed by atoms with Crippen molar-refractivity contribution in [3.8, 4) is 0 Å². The molecule has 0 bridgehead atoms. The first kappa shape index (κ1) is 17.7. The van der Waals surface area contributed by atoms with Crippen LogP contribution in [0.15, 0.2) is 53.3 Å². The number of rotatable bonds is 6. The highest BCUT2D eigenvalue weighted by Crippen LogP contribution is 2.11. The predicted molar refractivity (Wildman–Crippen MR) is 103 cm³/mol. The Balaban J connectivity index is 1.69. The number of amides is 1. The van der Waals surface area contributed by atoms with Gasteiger partial charge in [0.1, 0.15) is 0 Å². The first-order valence-electron chi connectivity index (χ1n) is 8.68. The van der Waals surface area contributed by atoms with E-state index in [1.165, 1.54) is 10.1 Å². The number of benzene rings is 2. The summed E-state index contributed by atoms with van der Waals surface area (Å²) in [5, 5.41) is 0.561. The number of carbonyl (C=O) groups excluding carboxylic acids is 1. The molecule has 0 saturated carbocycles. The van der Waals surface area contributed by atoms with E-state index in [1.54, 1.807) is 12.1 Å². The van der Waals surface area contributed by atoms with Crippen molar-refractivity contribution in [2.24, 2.45) is 0 Å². The number of hydrogen-bond acceptors (Lipinski definition) is 4. The van der Waals surface area contributed by atoms with Gasteiger partial charge in [-0.1, -0.05) is 42.0 Å². The zero-order valence-electron chi connectivity index (χ0n) is 15.0. The molecule has 0 aliphatic carbocycles. The summed E-state index contributed by atoms with van der Waals surface area (Å²) in [6, 6.07) is 15.3. The maximum atomic E-state index is 12.5. The topological polar surface area (TPSA) is 76.0 Å². The molecule has 1 heterocycles. The van der Waals surface area contributed by atoms with Gasteiger partial charge >= 0.3 is 0 Å². The van der Waals surface area contributed by atoms with Crippen molar-refractivity contribution in [1.82, 2.24) is 15.0 Å². The highest BCUT2D eigenvalue weighted by Gasteiger charge is 2.10. The fourth-order valence-electron chi connectivity index (χ4n) is 2.87. The average molecular weight is 350 g/mol. The molecule has 0 atom stereocenters. The molecule has 1 amide bonds. The molecule has 1 aromatic heterocycles. The molecule has 0 aliphatic heterocycles. The largest absolute Gasteiger partial charge is 0.277 e. The summed E-state index contributed by atoms with van der Waals surface area (Å²) < 4.78 is 1.50. The van der Waals surface area contributed by atoms with Crippen LogP contribution in [-0.4, -0.2) is 15.5 Å². The molecule has 0 aliphatic rings. The number of fused-ring (bicyclic) bond motifs is 1. The second-order valence-corrected chi connectivity index (χ2v) is 6.16. The molecule has 26 heavy (non-hydrogen) atoms. The van der Waals surface area contributed by atoms with Gasteiger partial charge in [0.05, 0.1) is 10.9 Å². The minimum Gasteiger partial charge on any atom is -0.277 e. The summed E-state index contributed by atoms with van der Waals surface area (Å²) in [6.07, 6.45) is 1.00. The van der Waals surface area contributed by atoms with E-state index in [0.717, 1.165) is 5.56 Å². The van der Waals surface area contributed by atoms with Gasteiger partial charge in [-0.2, -0.15) is 0 Å². The Labute approximate surface area is 151 Å². The van der Waals surface area contributed by atoms with E-state index in [9.17, 15) is 9.59 Å². The molecule has 0 radical (unpaired) electrons. The third-order valence-electron chi connectivity index (χ3n) is 4.21. The van der Waals surface area contributed by atoms with Crippen molar-refractivity contribution in [1.29, 1.82) is 0 Å². The lowest BCUT2D eigenvalue weighted by atomic mass is 10.1. The van der Waals surface area contributed by atoms with Gasteiger partial charge in [0.15, 0.2) is 0 Å². The Morgan fingerprint density at radius 2 is 1.96 bits per heavy atom. The maximum absolute atomic E-state index is 12.5. The molecule has 6 nitrogen and oxygen atoms in total. The molecular weight excluding hydrogens is 328 g/mol. The normalized spacial score (nSPS) is 10.7. The third kappa shape index (κ3) is 3.91. The van der Waals surface area contributed by atoms with E-state index in [-0.39, 0.29) is 11.5 Å². The van der Waals surface area contributed by atoms with Gasteiger partial charge in [-0.05, 0) is 38.0 Å². The summed E-state index contributed by atoms with van der Waals surface area (Å²) in [6.45, 7) is 4.35. The quantitative estimate of drug-likeness (QED) is 0.670. The second kappa shape index (κ2) is 7.82.